The third-order valence-corrected chi connectivity index (χ3v) is 4.56. The number of halogens is 1. The van der Waals surface area contributed by atoms with Crippen LogP contribution < -0.4 is 16.0 Å². The molecule has 2 aliphatic rings. The Kier molecular flexibility index (Phi) is 3.24. The van der Waals surface area contributed by atoms with Crippen LogP contribution in [0.2, 0.25) is 0 Å². The topological polar surface area (TPSA) is 92.5 Å². The molecule has 1 saturated carbocycles. The van der Waals surface area contributed by atoms with Gasteiger partial charge >= 0.3 is 0 Å². The van der Waals surface area contributed by atoms with Gasteiger partial charge in [-0.25, -0.2) is 0 Å². The lowest BCUT2D eigenvalue weighted by atomic mass is 10.0. The molecular weight excluding hydrogens is 338 g/mol. The van der Waals surface area contributed by atoms with E-state index >= 15 is 0 Å². The van der Waals surface area contributed by atoms with Gasteiger partial charge < -0.3 is 16.0 Å². The van der Waals surface area contributed by atoms with Gasteiger partial charge in [0.05, 0.1) is 6.54 Å². The van der Waals surface area contributed by atoms with Crippen LogP contribution in [0.15, 0.2) is 28.7 Å². The van der Waals surface area contributed by atoms with Crippen molar-refractivity contribution in [1.82, 2.24) is 5.32 Å². The van der Waals surface area contributed by atoms with Crippen molar-refractivity contribution >= 4 is 39.3 Å². The summed E-state index contributed by atoms with van der Waals surface area (Å²) in [4.78, 5) is 37.0. The Hall–Kier alpha value is -1.89. The van der Waals surface area contributed by atoms with Crippen molar-refractivity contribution < 1.29 is 14.4 Å². The van der Waals surface area contributed by atoms with E-state index in [-0.39, 0.29) is 5.91 Å². The van der Waals surface area contributed by atoms with Gasteiger partial charge in [-0.3, -0.25) is 14.4 Å². The maximum Gasteiger partial charge on any atom is 0.251 e. The predicted molar refractivity (Wildman–Crippen MR) is 79.3 cm³/mol. The van der Waals surface area contributed by atoms with Crippen LogP contribution in [0.25, 0.3) is 0 Å². The van der Waals surface area contributed by atoms with E-state index < -0.39 is 23.3 Å². The van der Waals surface area contributed by atoms with E-state index in [1.54, 1.807) is 4.90 Å². The highest BCUT2D eigenvalue weighted by molar-refractivity contribution is 9.10. The molecule has 0 aromatic heterocycles. The van der Waals surface area contributed by atoms with Gasteiger partial charge in [0.1, 0.15) is 11.5 Å². The molecule has 1 unspecified atom stereocenters. The molecule has 1 saturated heterocycles. The lowest BCUT2D eigenvalue weighted by Crippen LogP contribution is -2.65. The van der Waals surface area contributed by atoms with E-state index in [0.29, 0.717) is 19.4 Å². The Balaban J connectivity index is 1.61. The highest BCUT2D eigenvalue weighted by Gasteiger charge is 2.56. The third-order valence-electron chi connectivity index (χ3n) is 4.03. The minimum absolute atomic E-state index is 0.175. The summed E-state index contributed by atoms with van der Waals surface area (Å²) in [5.41, 5.74) is 4.93. The van der Waals surface area contributed by atoms with Crippen molar-refractivity contribution in [2.45, 2.75) is 18.9 Å². The van der Waals surface area contributed by atoms with Crippen LogP contribution in [0, 0.1) is 5.41 Å². The van der Waals surface area contributed by atoms with Crippen LogP contribution in [0.5, 0.6) is 0 Å². The van der Waals surface area contributed by atoms with E-state index in [2.05, 4.69) is 21.2 Å². The average molecular weight is 352 g/mol. The van der Waals surface area contributed by atoms with Crippen LogP contribution in [0.4, 0.5) is 5.69 Å². The highest BCUT2D eigenvalue weighted by Crippen LogP contribution is 2.45. The van der Waals surface area contributed by atoms with Crippen LogP contribution in [0.3, 0.4) is 0 Å². The lowest BCUT2D eigenvalue weighted by molar-refractivity contribution is -0.138. The van der Waals surface area contributed by atoms with Gasteiger partial charge in [0.15, 0.2) is 0 Å². The van der Waals surface area contributed by atoms with Crippen molar-refractivity contribution in [3.05, 3.63) is 28.7 Å². The quantitative estimate of drug-likeness (QED) is 0.612. The summed E-state index contributed by atoms with van der Waals surface area (Å²) in [6.45, 7) is 0.404. The minimum atomic E-state index is -1.09. The summed E-state index contributed by atoms with van der Waals surface area (Å²) >= 11 is 3.33. The monoisotopic (exact) mass is 351 g/mol. The number of benzene rings is 1. The fraction of sp³-hybridized carbons (Fsp3) is 0.357. The summed E-state index contributed by atoms with van der Waals surface area (Å²) < 4.78 is 0.932. The minimum Gasteiger partial charge on any atom is -0.369 e. The highest BCUT2D eigenvalue weighted by atomic mass is 79.9. The molecule has 1 atom stereocenters. The molecule has 1 aromatic carbocycles. The molecular formula is C14H14BrN3O3. The number of hydrogen-bond donors (Lipinski definition) is 2. The number of carbonyl (C=O) groups excluding carboxylic acids is 3. The first-order chi connectivity index (χ1) is 9.94. The number of nitrogens with two attached hydrogens (primary N) is 1. The number of nitrogens with zero attached hydrogens (tertiary/aromatic N) is 1. The van der Waals surface area contributed by atoms with Crippen LogP contribution in [-0.2, 0) is 14.4 Å². The second-order valence-electron chi connectivity index (χ2n) is 5.40. The van der Waals surface area contributed by atoms with E-state index in [1.165, 1.54) is 0 Å². The Labute approximate surface area is 129 Å². The van der Waals surface area contributed by atoms with Crippen LogP contribution in [-0.4, -0.2) is 30.3 Å². The number of anilines is 1. The van der Waals surface area contributed by atoms with Gasteiger partial charge in [-0.15, -0.1) is 0 Å². The molecule has 1 aliphatic carbocycles. The van der Waals surface area contributed by atoms with Gasteiger partial charge in [0.2, 0.25) is 11.8 Å². The molecule has 0 radical (unpaired) electrons. The van der Waals surface area contributed by atoms with Crippen molar-refractivity contribution in [3.63, 3.8) is 0 Å². The Morgan fingerprint density at radius 1 is 1.29 bits per heavy atom. The SMILES string of the molecule is NC(=O)C1(C(=O)NC2CN(c3ccc(Br)cc3)C2=O)CC1. The van der Waals surface area contributed by atoms with Crippen molar-refractivity contribution in [2.24, 2.45) is 11.1 Å². The molecule has 7 heteroatoms. The molecule has 2 fully saturated rings. The normalized spacial score (nSPS) is 22.4. The van der Waals surface area contributed by atoms with Gasteiger partial charge in [0, 0.05) is 10.2 Å². The van der Waals surface area contributed by atoms with Crippen LogP contribution in [0.1, 0.15) is 12.8 Å². The van der Waals surface area contributed by atoms with E-state index in [9.17, 15) is 14.4 Å². The van der Waals surface area contributed by atoms with Gasteiger partial charge in [-0.2, -0.15) is 0 Å². The summed E-state index contributed by atoms with van der Waals surface area (Å²) in [5, 5.41) is 2.62. The summed E-state index contributed by atoms with van der Waals surface area (Å²) in [5.74, 6) is -1.22. The summed E-state index contributed by atoms with van der Waals surface area (Å²) in [6, 6.07) is 6.78. The van der Waals surface area contributed by atoms with Crippen molar-refractivity contribution in [3.8, 4) is 0 Å². The lowest BCUT2D eigenvalue weighted by Gasteiger charge is -2.39. The molecule has 21 heavy (non-hydrogen) atoms. The Morgan fingerprint density at radius 2 is 1.90 bits per heavy atom. The number of β-lactam (4-membered cyclic amide) rings is 1. The molecule has 3 rings (SSSR count). The Bertz CT molecular complexity index is 625. The molecule has 3 amide bonds. The maximum absolute atomic E-state index is 12.1. The first kappa shape index (κ1) is 14.1. The van der Waals surface area contributed by atoms with Crippen LogP contribution >= 0.6 is 15.9 Å². The van der Waals surface area contributed by atoms with Gasteiger partial charge in [0.25, 0.3) is 5.91 Å². The molecule has 1 heterocycles. The number of carbonyl (C=O) groups is 3. The van der Waals surface area contributed by atoms with E-state index in [0.717, 1.165) is 10.2 Å². The number of rotatable bonds is 4. The molecule has 3 N–H and O–H groups in total. The van der Waals surface area contributed by atoms with Crippen molar-refractivity contribution in [1.29, 1.82) is 0 Å². The molecule has 6 nitrogen and oxygen atoms in total. The first-order valence-corrected chi connectivity index (χ1v) is 7.41. The number of primary amides is 1. The fourth-order valence-electron chi connectivity index (χ4n) is 2.39. The van der Waals surface area contributed by atoms with Gasteiger partial charge in [-0.1, -0.05) is 15.9 Å². The van der Waals surface area contributed by atoms with E-state index in [4.69, 9.17) is 5.73 Å². The summed E-state index contributed by atoms with van der Waals surface area (Å²) in [7, 11) is 0. The first-order valence-electron chi connectivity index (χ1n) is 6.62. The average Bonchev–Trinajstić information content (AvgIpc) is 3.25. The number of hydrogen-bond acceptors (Lipinski definition) is 3. The second kappa shape index (κ2) is 4.84. The second-order valence-corrected chi connectivity index (χ2v) is 6.31. The number of amides is 3. The molecule has 110 valence electrons. The molecule has 1 aliphatic heterocycles. The standard InChI is InChI=1S/C14H14BrN3O3/c15-8-1-3-9(4-2-8)18-7-10(11(18)19)17-13(21)14(5-6-14)12(16)20/h1-4,10H,5-7H2,(H2,16,20)(H,17,21). The zero-order valence-electron chi connectivity index (χ0n) is 11.1. The number of nitrogens with one attached hydrogen (secondary N) is 1. The van der Waals surface area contributed by atoms with Gasteiger partial charge in [-0.05, 0) is 37.1 Å². The Morgan fingerprint density at radius 3 is 2.38 bits per heavy atom. The summed E-state index contributed by atoms with van der Waals surface area (Å²) in [6.07, 6.45) is 0.928. The third kappa shape index (κ3) is 2.31. The molecule has 1 aromatic rings. The van der Waals surface area contributed by atoms with Crippen molar-refractivity contribution in [2.75, 3.05) is 11.4 Å². The largest absolute Gasteiger partial charge is 0.369 e. The molecule has 0 spiro atoms. The maximum atomic E-state index is 12.1. The zero-order valence-corrected chi connectivity index (χ0v) is 12.7. The van der Waals surface area contributed by atoms with E-state index in [1.807, 2.05) is 24.3 Å². The predicted octanol–water partition coefficient (Wildman–Crippen LogP) is 0.546. The smallest absolute Gasteiger partial charge is 0.251 e. The fourth-order valence-corrected chi connectivity index (χ4v) is 2.66. The molecule has 0 bridgehead atoms. The zero-order chi connectivity index (χ0) is 15.2.